The molecule has 1 aromatic heterocycles. The molecule has 0 saturated carbocycles. The van der Waals surface area contributed by atoms with Gasteiger partial charge in [-0.3, -0.25) is 4.79 Å². The second kappa shape index (κ2) is 5.69. The number of aldehydes is 1. The minimum Gasteiger partial charge on any atom is -0.451 e. The fourth-order valence-electron chi connectivity index (χ4n) is 1.84. The molecule has 104 valence electrons. The zero-order chi connectivity index (χ0) is 14.7. The zero-order valence-corrected chi connectivity index (χ0v) is 11.5. The number of imidazole rings is 1. The Kier molecular flexibility index (Phi) is 3.98. The summed E-state index contributed by atoms with van der Waals surface area (Å²) in [4.78, 5) is 29.8. The van der Waals surface area contributed by atoms with Crippen molar-refractivity contribution < 1.29 is 14.3 Å². The number of rotatable bonds is 5. The number of hydrogen-bond donors (Lipinski definition) is 1. The fraction of sp³-hybridized carbons (Fsp3) is 0.267. The smallest absolute Gasteiger partial charge is 0.333 e. The minimum absolute atomic E-state index is 0.350. The van der Waals surface area contributed by atoms with Gasteiger partial charge in [0.1, 0.15) is 12.1 Å². The third kappa shape index (κ3) is 2.77. The molecule has 0 radical (unpaired) electrons. The SMILES string of the molecule is C=C(C)C(=O)OC(CC)c1nc2ccc(C=O)cc2[nH]1. The van der Waals surface area contributed by atoms with E-state index in [-0.39, 0.29) is 0 Å². The number of benzene rings is 1. The highest BCUT2D eigenvalue weighted by atomic mass is 16.5. The molecular weight excluding hydrogens is 256 g/mol. The summed E-state index contributed by atoms with van der Waals surface area (Å²) in [5, 5.41) is 0. The first-order valence-electron chi connectivity index (χ1n) is 6.36. The predicted molar refractivity (Wildman–Crippen MR) is 75.4 cm³/mol. The van der Waals surface area contributed by atoms with Crippen LogP contribution in [0, 0.1) is 0 Å². The molecule has 2 rings (SSSR count). The van der Waals surface area contributed by atoms with Crippen molar-refractivity contribution in [3.8, 4) is 0 Å². The normalized spacial score (nSPS) is 12.1. The van der Waals surface area contributed by atoms with Crippen LogP contribution in [0.15, 0.2) is 30.4 Å². The van der Waals surface area contributed by atoms with E-state index >= 15 is 0 Å². The molecule has 1 unspecified atom stereocenters. The van der Waals surface area contributed by atoms with Gasteiger partial charge in [-0.25, -0.2) is 9.78 Å². The molecule has 5 nitrogen and oxygen atoms in total. The van der Waals surface area contributed by atoms with Crippen LogP contribution >= 0.6 is 0 Å². The Balaban J connectivity index is 2.32. The van der Waals surface area contributed by atoms with Crippen LogP contribution in [0.5, 0.6) is 0 Å². The third-order valence-electron chi connectivity index (χ3n) is 2.93. The quantitative estimate of drug-likeness (QED) is 0.516. The summed E-state index contributed by atoms with van der Waals surface area (Å²) in [7, 11) is 0. The largest absolute Gasteiger partial charge is 0.451 e. The number of carbonyl (C=O) groups excluding carboxylic acids is 2. The molecule has 0 aliphatic heterocycles. The van der Waals surface area contributed by atoms with Gasteiger partial charge >= 0.3 is 5.97 Å². The molecule has 0 aliphatic carbocycles. The Morgan fingerprint density at radius 3 is 2.90 bits per heavy atom. The van der Waals surface area contributed by atoms with Gasteiger partial charge in [-0.05, 0) is 31.5 Å². The lowest BCUT2D eigenvalue weighted by atomic mass is 10.2. The van der Waals surface area contributed by atoms with Crippen molar-refractivity contribution in [1.29, 1.82) is 0 Å². The Morgan fingerprint density at radius 2 is 2.30 bits per heavy atom. The summed E-state index contributed by atoms with van der Waals surface area (Å²) in [5.41, 5.74) is 2.40. The van der Waals surface area contributed by atoms with E-state index in [0.717, 1.165) is 17.3 Å². The lowest BCUT2D eigenvalue weighted by Crippen LogP contribution is -2.12. The molecule has 0 amide bonds. The van der Waals surface area contributed by atoms with E-state index in [1.165, 1.54) is 0 Å². The highest BCUT2D eigenvalue weighted by Crippen LogP contribution is 2.23. The van der Waals surface area contributed by atoms with Gasteiger partial charge in [0.25, 0.3) is 0 Å². The predicted octanol–water partition coefficient (Wildman–Crippen LogP) is 2.95. The lowest BCUT2D eigenvalue weighted by Gasteiger charge is -2.13. The van der Waals surface area contributed by atoms with Crippen molar-refractivity contribution in [3.63, 3.8) is 0 Å². The van der Waals surface area contributed by atoms with Crippen LogP contribution in [0.4, 0.5) is 0 Å². The molecule has 0 spiro atoms. The van der Waals surface area contributed by atoms with Gasteiger partial charge in [-0.2, -0.15) is 0 Å². The van der Waals surface area contributed by atoms with Gasteiger partial charge in [0.2, 0.25) is 0 Å². The topological polar surface area (TPSA) is 72.0 Å². The zero-order valence-electron chi connectivity index (χ0n) is 11.5. The number of fused-ring (bicyclic) bond motifs is 1. The van der Waals surface area contributed by atoms with Gasteiger partial charge in [0.05, 0.1) is 11.0 Å². The van der Waals surface area contributed by atoms with Gasteiger partial charge in [0, 0.05) is 11.1 Å². The van der Waals surface area contributed by atoms with E-state index in [0.29, 0.717) is 23.4 Å². The minimum atomic E-state index is -0.453. The number of hydrogen-bond acceptors (Lipinski definition) is 4. The first kappa shape index (κ1) is 14.0. The summed E-state index contributed by atoms with van der Waals surface area (Å²) in [6.45, 7) is 7.06. The van der Waals surface area contributed by atoms with Crippen molar-refractivity contribution in [2.45, 2.75) is 26.4 Å². The van der Waals surface area contributed by atoms with Crippen molar-refractivity contribution in [1.82, 2.24) is 9.97 Å². The number of aromatic nitrogens is 2. The molecule has 1 aromatic carbocycles. The molecule has 1 N–H and O–H groups in total. The standard InChI is InChI=1S/C15H16N2O3/c1-4-13(20-15(19)9(2)3)14-16-11-6-5-10(8-18)7-12(11)17-14/h5-8,13H,2,4H2,1,3H3,(H,16,17). The number of nitrogens with zero attached hydrogens (tertiary/aromatic N) is 1. The van der Waals surface area contributed by atoms with Crippen LogP contribution < -0.4 is 0 Å². The Hall–Kier alpha value is -2.43. The lowest BCUT2D eigenvalue weighted by molar-refractivity contribution is -0.145. The average Bonchev–Trinajstić information content (AvgIpc) is 2.86. The summed E-state index contributed by atoms with van der Waals surface area (Å²) >= 11 is 0. The summed E-state index contributed by atoms with van der Waals surface area (Å²) < 4.78 is 5.33. The van der Waals surface area contributed by atoms with Crippen molar-refractivity contribution >= 4 is 23.3 Å². The molecule has 5 heteroatoms. The van der Waals surface area contributed by atoms with Crippen molar-refractivity contribution in [3.05, 3.63) is 41.7 Å². The van der Waals surface area contributed by atoms with Crippen LogP contribution in [0.1, 0.15) is 42.6 Å². The molecule has 1 atom stereocenters. The number of aromatic amines is 1. The Labute approximate surface area is 116 Å². The van der Waals surface area contributed by atoms with E-state index in [1.54, 1.807) is 25.1 Å². The number of H-pyrrole nitrogens is 1. The van der Waals surface area contributed by atoms with Crippen molar-refractivity contribution in [2.24, 2.45) is 0 Å². The number of carbonyl (C=O) groups is 2. The summed E-state index contributed by atoms with van der Waals surface area (Å²) in [6.07, 6.45) is 0.920. The molecular formula is C15H16N2O3. The number of nitrogens with one attached hydrogen (secondary N) is 1. The second-order valence-corrected chi connectivity index (χ2v) is 4.60. The maximum Gasteiger partial charge on any atom is 0.333 e. The molecule has 0 bridgehead atoms. The molecule has 0 fully saturated rings. The monoisotopic (exact) mass is 272 g/mol. The highest BCUT2D eigenvalue weighted by molar-refractivity contribution is 5.87. The molecule has 2 aromatic rings. The number of esters is 1. The highest BCUT2D eigenvalue weighted by Gasteiger charge is 2.19. The van der Waals surface area contributed by atoms with Crippen LogP contribution in [0.3, 0.4) is 0 Å². The van der Waals surface area contributed by atoms with Crippen LogP contribution in [-0.2, 0) is 9.53 Å². The Morgan fingerprint density at radius 1 is 1.55 bits per heavy atom. The third-order valence-corrected chi connectivity index (χ3v) is 2.93. The van der Waals surface area contributed by atoms with E-state index in [1.807, 2.05) is 6.92 Å². The maximum absolute atomic E-state index is 11.6. The van der Waals surface area contributed by atoms with Crippen LogP contribution in [0.2, 0.25) is 0 Å². The number of ether oxygens (including phenoxy) is 1. The van der Waals surface area contributed by atoms with Crippen LogP contribution in [0.25, 0.3) is 11.0 Å². The molecule has 0 aliphatic rings. The van der Waals surface area contributed by atoms with Gasteiger partial charge in [-0.1, -0.05) is 13.5 Å². The molecule has 20 heavy (non-hydrogen) atoms. The Bertz CT molecular complexity index is 673. The first-order chi connectivity index (χ1) is 9.55. The van der Waals surface area contributed by atoms with E-state index in [9.17, 15) is 9.59 Å². The average molecular weight is 272 g/mol. The van der Waals surface area contributed by atoms with Gasteiger partial charge in [-0.15, -0.1) is 0 Å². The second-order valence-electron chi connectivity index (χ2n) is 4.60. The summed E-state index contributed by atoms with van der Waals surface area (Å²) in [6, 6.07) is 5.17. The van der Waals surface area contributed by atoms with E-state index in [2.05, 4.69) is 16.5 Å². The van der Waals surface area contributed by atoms with Gasteiger partial charge in [0.15, 0.2) is 6.10 Å². The van der Waals surface area contributed by atoms with E-state index < -0.39 is 12.1 Å². The summed E-state index contributed by atoms with van der Waals surface area (Å²) in [5.74, 6) is 0.131. The van der Waals surface area contributed by atoms with Gasteiger partial charge < -0.3 is 9.72 Å². The van der Waals surface area contributed by atoms with Crippen LogP contribution in [-0.4, -0.2) is 22.2 Å². The van der Waals surface area contributed by atoms with Crippen molar-refractivity contribution in [2.75, 3.05) is 0 Å². The maximum atomic E-state index is 11.6. The molecule has 0 saturated heterocycles. The first-order valence-corrected chi connectivity index (χ1v) is 6.36. The molecule has 1 heterocycles. The van der Waals surface area contributed by atoms with E-state index in [4.69, 9.17) is 4.74 Å². The fourth-order valence-corrected chi connectivity index (χ4v) is 1.84.